The number of hydrogen-bond acceptors (Lipinski definition) is 4. The van der Waals surface area contributed by atoms with E-state index in [-0.39, 0.29) is 5.91 Å². The average Bonchev–Trinajstić information content (AvgIpc) is 2.60. The topological polar surface area (TPSA) is 75.7 Å². The lowest BCUT2D eigenvalue weighted by Crippen LogP contribution is -2.34. The van der Waals surface area contributed by atoms with E-state index in [2.05, 4.69) is 5.32 Å². The summed E-state index contributed by atoms with van der Waals surface area (Å²) in [5, 5.41) is 2.82. The summed E-state index contributed by atoms with van der Waals surface area (Å²) in [5.41, 5.74) is 2.68. The van der Waals surface area contributed by atoms with Gasteiger partial charge in [0.05, 0.1) is 19.1 Å². The number of amides is 1. The SMILES string of the molecule is COc1ccc(C(=O)Nc2ccc3c(c2)N(S(C)(=O)=O)CCC3)cc1. The zero-order valence-corrected chi connectivity index (χ0v) is 15.0. The lowest BCUT2D eigenvalue weighted by molar-refractivity contribution is 0.102. The Morgan fingerprint density at radius 2 is 1.88 bits per heavy atom. The maximum atomic E-state index is 12.4. The van der Waals surface area contributed by atoms with Crippen LogP contribution in [0.4, 0.5) is 11.4 Å². The van der Waals surface area contributed by atoms with Gasteiger partial charge in [0, 0.05) is 17.8 Å². The van der Waals surface area contributed by atoms with Crippen LogP contribution < -0.4 is 14.4 Å². The molecule has 1 N–H and O–H groups in total. The summed E-state index contributed by atoms with van der Waals surface area (Å²) in [7, 11) is -1.77. The molecule has 0 unspecified atom stereocenters. The molecule has 0 aliphatic carbocycles. The summed E-state index contributed by atoms with van der Waals surface area (Å²) in [5.74, 6) is 0.415. The van der Waals surface area contributed by atoms with Crippen LogP contribution in [0.25, 0.3) is 0 Å². The lowest BCUT2D eigenvalue weighted by Gasteiger charge is -2.29. The quantitative estimate of drug-likeness (QED) is 0.909. The third-order valence-electron chi connectivity index (χ3n) is 4.17. The highest BCUT2D eigenvalue weighted by molar-refractivity contribution is 7.92. The molecule has 6 nitrogen and oxygen atoms in total. The zero-order valence-electron chi connectivity index (χ0n) is 14.2. The predicted octanol–water partition coefficient (Wildman–Crippen LogP) is 2.66. The number of fused-ring (bicyclic) bond motifs is 1. The van der Waals surface area contributed by atoms with E-state index in [0.717, 1.165) is 18.4 Å². The molecule has 2 aromatic rings. The van der Waals surface area contributed by atoms with Crippen molar-refractivity contribution in [2.45, 2.75) is 12.8 Å². The Morgan fingerprint density at radius 3 is 2.52 bits per heavy atom. The van der Waals surface area contributed by atoms with Crippen LogP contribution in [-0.4, -0.2) is 34.2 Å². The molecule has 7 heteroatoms. The lowest BCUT2D eigenvalue weighted by atomic mass is 10.0. The Labute approximate surface area is 147 Å². The molecule has 0 spiro atoms. The van der Waals surface area contributed by atoms with Crippen LogP contribution in [0.1, 0.15) is 22.3 Å². The Hall–Kier alpha value is -2.54. The van der Waals surface area contributed by atoms with Crippen molar-refractivity contribution < 1.29 is 17.9 Å². The zero-order chi connectivity index (χ0) is 18.0. The standard InChI is InChI=1S/C18H20N2O4S/c1-24-16-9-6-14(7-10-16)18(21)19-15-8-5-13-4-3-11-20(17(13)12-15)25(2,22)23/h5-10,12H,3-4,11H2,1-2H3,(H,19,21). The van der Waals surface area contributed by atoms with Crippen LogP contribution >= 0.6 is 0 Å². The van der Waals surface area contributed by atoms with Gasteiger partial charge in [-0.05, 0) is 54.8 Å². The summed E-state index contributed by atoms with van der Waals surface area (Å²) in [6.07, 6.45) is 2.82. The molecule has 132 valence electrons. The molecule has 0 bridgehead atoms. The molecular formula is C18H20N2O4S. The van der Waals surface area contributed by atoms with E-state index in [1.807, 2.05) is 6.07 Å². The van der Waals surface area contributed by atoms with Crippen molar-refractivity contribution in [2.75, 3.05) is 29.5 Å². The van der Waals surface area contributed by atoms with Gasteiger partial charge in [0.2, 0.25) is 10.0 Å². The summed E-state index contributed by atoms with van der Waals surface area (Å²) < 4.78 is 30.5. The second-order valence-corrected chi connectivity index (χ2v) is 7.87. The minimum absolute atomic E-state index is 0.260. The van der Waals surface area contributed by atoms with E-state index in [0.29, 0.717) is 29.2 Å². The fourth-order valence-corrected chi connectivity index (χ4v) is 3.90. The monoisotopic (exact) mass is 360 g/mol. The number of benzene rings is 2. The number of nitrogens with zero attached hydrogens (tertiary/aromatic N) is 1. The molecular weight excluding hydrogens is 340 g/mol. The number of methoxy groups -OCH3 is 1. The van der Waals surface area contributed by atoms with E-state index >= 15 is 0 Å². The van der Waals surface area contributed by atoms with Gasteiger partial charge in [-0.25, -0.2) is 8.42 Å². The number of anilines is 2. The average molecular weight is 360 g/mol. The largest absolute Gasteiger partial charge is 0.497 e. The van der Waals surface area contributed by atoms with E-state index in [1.54, 1.807) is 43.5 Å². The third kappa shape index (κ3) is 3.76. The van der Waals surface area contributed by atoms with Gasteiger partial charge in [0.1, 0.15) is 5.75 Å². The molecule has 0 radical (unpaired) electrons. The third-order valence-corrected chi connectivity index (χ3v) is 5.35. The van der Waals surface area contributed by atoms with Crippen molar-refractivity contribution in [2.24, 2.45) is 0 Å². The summed E-state index contributed by atoms with van der Waals surface area (Å²) >= 11 is 0. The Bertz CT molecular complexity index is 892. The van der Waals surface area contributed by atoms with E-state index in [4.69, 9.17) is 4.74 Å². The molecule has 3 rings (SSSR count). The van der Waals surface area contributed by atoms with Crippen molar-refractivity contribution in [1.29, 1.82) is 0 Å². The molecule has 25 heavy (non-hydrogen) atoms. The highest BCUT2D eigenvalue weighted by atomic mass is 32.2. The van der Waals surface area contributed by atoms with Gasteiger partial charge in [-0.1, -0.05) is 6.07 Å². The van der Waals surface area contributed by atoms with Gasteiger partial charge in [-0.2, -0.15) is 0 Å². The number of rotatable bonds is 4. The van der Waals surface area contributed by atoms with Crippen LogP contribution in [-0.2, 0) is 16.4 Å². The van der Waals surface area contributed by atoms with Gasteiger partial charge in [-0.15, -0.1) is 0 Å². The molecule has 0 fully saturated rings. The number of hydrogen-bond donors (Lipinski definition) is 1. The first kappa shape index (κ1) is 17.3. The second kappa shape index (κ2) is 6.76. The van der Waals surface area contributed by atoms with Crippen molar-refractivity contribution in [1.82, 2.24) is 0 Å². The Morgan fingerprint density at radius 1 is 1.16 bits per heavy atom. The van der Waals surface area contributed by atoms with Gasteiger partial charge >= 0.3 is 0 Å². The van der Waals surface area contributed by atoms with E-state index in [1.165, 1.54) is 10.6 Å². The van der Waals surface area contributed by atoms with Crippen LogP contribution in [0.2, 0.25) is 0 Å². The van der Waals surface area contributed by atoms with Crippen LogP contribution in [0.3, 0.4) is 0 Å². The molecule has 2 aromatic carbocycles. The maximum Gasteiger partial charge on any atom is 0.255 e. The number of carbonyl (C=O) groups is 1. The maximum absolute atomic E-state index is 12.4. The first-order chi connectivity index (χ1) is 11.9. The Balaban J connectivity index is 1.85. The molecule has 1 aliphatic heterocycles. The summed E-state index contributed by atoms with van der Waals surface area (Å²) in [6.45, 7) is 0.460. The van der Waals surface area contributed by atoms with Crippen molar-refractivity contribution in [3.63, 3.8) is 0 Å². The minimum atomic E-state index is -3.34. The van der Waals surface area contributed by atoms with Crippen molar-refractivity contribution in [3.8, 4) is 5.75 Å². The van der Waals surface area contributed by atoms with Crippen LogP contribution in [0.15, 0.2) is 42.5 Å². The first-order valence-corrected chi connectivity index (χ1v) is 9.79. The highest BCUT2D eigenvalue weighted by Gasteiger charge is 2.24. The van der Waals surface area contributed by atoms with E-state index in [9.17, 15) is 13.2 Å². The molecule has 0 saturated heterocycles. The first-order valence-electron chi connectivity index (χ1n) is 7.94. The summed E-state index contributed by atoms with van der Waals surface area (Å²) in [6, 6.07) is 12.2. The number of carbonyl (C=O) groups excluding carboxylic acids is 1. The minimum Gasteiger partial charge on any atom is -0.497 e. The second-order valence-electron chi connectivity index (χ2n) is 5.96. The molecule has 1 aliphatic rings. The normalized spacial score (nSPS) is 13.9. The molecule has 1 amide bonds. The number of nitrogens with one attached hydrogen (secondary N) is 1. The molecule has 0 aromatic heterocycles. The summed E-state index contributed by atoms with van der Waals surface area (Å²) in [4.78, 5) is 12.4. The van der Waals surface area contributed by atoms with Gasteiger partial charge in [0.25, 0.3) is 5.91 Å². The number of sulfonamides is 1. The van der Waals surface area contributed by atoms with Gasteiger partial charge in [-0.3, -0.25) is 9.10 Å². The molecule has 0 atom stereocenters. The van der Waals surface area contributed by atoms with Gasteiger partial charge in [0.15, 0.2) is 0 Å². The van der Waals surface area contributed by atoms with Crippen molar-refractivity contribution >= 4 is 27.3 Å². The van der Waals surface area contributed by atoms with Gasteiger partial charge < -0.3 is 10.1 Å². The van der Waals surface area contributed by atoms with Crippen LogP contribution in [0.5, 0.6) is 5.75 Å². The fraction of sp³-hybridized carbons (Fsp3) is 0.278. The molecule has 0 saturated carbocycles. The molecule has 1 heterocycles. The predicted molar refractivity (Wildman–Crippen MR) is 97.9 cm³/mol. The van der Waals surface area contributed by atoms with Crippen molar-refractivity contribution in [3.05, 3.63) is 53.6 Å². The smallest absolute Gasteiger partial charge is 0.255 e. The fourth-order valence-electron chi connectivity index (χ4n) is 2.91. The Kier molecular flexibility index (Phi) is 4.67. The number of ether oxygens (including phenoxy) is 1. The van der Waals surface area contributed by atoms with E-state index < -0.39 is 10.0 Å². The highest BCUT2D eigenvalue weighted by Crippen LogP contribution is 2.31. The number of aryl methyl sites for hydroxylation is 1. The van der Waals surface area contributed by atoms with Crippen LogP contribution in [0, 0.1) is 0 Å².